The molecule has 16 fully saturated rings. The summed E-state index contributed by atoms with van der Waals surface area (Å²) in [6, 6.07) is 9.83. The van der Waals surface area contributed by atoms with E-state index in [-0.39, 0.29) is 27.1 Å². The van der Waals surface area contributed by atoms with Gasteiger partial charge in [0.2, 0.25) is 0 Å². The van der Waals surface area contributed by atoms with Gasteiger partial charge in [-0.3, -0.25) is 0 Å². The van der Waals surface area contributed by atoms with Crippen molar-refractivity contribution in [2.45, 2.75) is 219 Å². The third-order valence-corrected chi connectivity index (χ3v) is 24.7. The molecule has 0 amide bonds. The molecule has 18 rings (SSSR count). The van der Waals surface area contributed by atoms with Gasteiger partial charge < -0.3 is 21.7 Å². The van der Waals surface area contributed by atoms with E-state index in [4.69, 9.17) is 11.5 Å². The first kappa shape index (κ1) is 40.7. The van der Waals surface area contributed by atoms with Crippen molar-refractivity contribution in [1.29, 1.82) is 0 Å². The van der Waals surface area contributed by atoms with E-state index in [1.165, 1.54) is 144 Å². The zero-order chi connectivity index (χ0) is 44.5. The highest BCUT2D eigenvalue weighted by atomic mass is 16.3. The summed E-state index contributed by atoms with van der Waals surface area (Å²) < 4.78 is 0. The van der Waals surface area contributed by atoms with Gasteiger partial charge in [0, 0.05) is 27.4 Å². The number of anilines is 2. The first-order valence-electron chi connectivity index (χ1n) is 27.0. The fraction of sp³-hybridized carbons (Fsp3) is 0.800. The molecule has 64 heavy (non-hydrogen) atoms. The van der Waals surface area contributed by atoms with Crippen LogP contribution in [0.15, 0.2) is 24.3 Å². The molecule has 8 atom stereocenters. The Morgan fingerprint density at radius 1 is 0.375 bits per heavy atom. The normalized spacial score (nSPS) is 57.6. The van der Waals surface area contributed by atoms with E-state index in [9.17, 15) is 10.2 Å². The first-order chi connectivity index (χ1) is 29.7. The second-order valence-corrected chi connectivity index (χ2v) is 31.6. The average Bonchev–Trinajstić information content (AvgIpc) is 3.08. The minimum Gasteiger partial charge on any atom is -0.505 e. The Balaban J connectivity index is 1.01. The highest BCUT2D eigenvalue weighted by molar-refractivity contribution is 5.68. The fourth-order valence-corrected chi connectivity index (χ4v) is 27.4. The molecule has 0 aromatic heterocycles. The van der Waals surface area contributed by atoms with Crippen molar-refractivity contribution < 1.29 is 10.2 Å². The number of hydrogen-bond acceptors (Lipinski definition) is 4. The molecule has 0 spiro atoms. The van der Waals surface area contributed by atoms with E-state index >= 15 is 0 Å². The van der Waals surface area contributed by atoms with Crippen molar-refractivity contribution in [3.8, 4) is 11.5 Å². The number of phenolic OH excluding ortho intramolecular Hbond substituents is 2. The Morgan fingerprint density at radius 2 is 0.688 bits per heavy atom. The molecule has 0 saturated heterocycles. The highest BCUT2D eigenvalue weighted by Gasteiger charge is 2.79. The van der Waals surface area contributed by atoms with Crippen molar-refractivity contribution in [3.05, 3.63) is 46.5 Å². The number of aromatic hydroxyl groups is 2. The molecule has 0 heterocycles. The molecule has 16 aliphatic rings. The molecule has 0 radical (unpaired) electrons. The van der Waals surface area contributed by atoms with Crippen molar-refractivity contribution >= 4 is 11.4 Å². The van der Waals surface area contributed by atoms with Gasteiger partial charge in [-0.1, -0.05) is 67.5 Å². The predicted molar refractivity (Wildman–Crippen MR) is 259 cm³/mol. The fourth-order valence-electron chi connectivity index (χ4n) is 27.4. The second kappa shape index (κ2) is 11.2. The summed E-state index contributed by atoms with van der Waals surface area (Å²) in [5.41, 5.74) is 23.4. The lowest BCUT2D eigenvalue weighted by Gasteiger charge is -2.81. The van der Waals surface area contributed by atoms with E-state index in [1.807, 2.05) is 0 Å². The van der Waals surface area contributed by atoms with Gasteiger partial charge in [-0.15, -0.1) is 0 Å². The molecule has 16 bridgehead atoms. The molecule has 4 heteroatoms. The van der Waals surface area contributed by atoms with Gasteiger partial charge in [-0.25, -0.2) is 0 Å². The van der Waals surface area contributed by atoms with Gasteiger partial charge >= 0.3 is 0 Å². The zero-order valence-electron chi connectivity index (χ0n) is 41.4. The van der Waals surface area contributed by atoms with Crippen LogP contribution in [0.4, 0.5) is 11.4 Å². The lowest BCUT2D eigenvalue weighted by atomic mass is 9.23. The van der Waals surface area contributed by atoms with Crippen LogP contribution in [0.1, 0.15) is 225 Å². The third kappa shape index (κ3) is 4.80. The van der Waals surface area contributed by atoms with Gasteiger partial charge in [-0.2, -0.15) is 0 Å². The molecule has 16 aliphatic carbocycles. The average molecular weight is 865 g/mol. The molecule has 0 aliphatic heterocycles. The number of hydrogen-bond donors (Lipinski definition) is 4. The van der Waals surface area contributed by atoms with Crippen LogP contribution >= 0.6 is 0 Å². The minimum atomic E-state index is -0.379. The Labute approximate surface area is 386 Å². The molecule has 6 N–H and O–H groups in total. The predicted octanol–water partition coefficient (Wildman–Crippen LogP) is 14.6. The minimum absolute atomic E-state index is 0.0491. The Hall–Kier alpha value is -2.36. The van der Waals surface area contributed by atoms with Crippen molar-refractivity contribution in [3.63, 3.8) is 0 Å². The van der Waals surface area contributed by atoms with Crippen LogP contribution in [0.3, 0.4) is 0 Å². The topological polar surface area (TPSA) is 92.5 Å². The maximum atomic E-state index is 12.6. The SMILES string of the molecule is CC12CC3CC(C)(C1)CC(c1cc(C4(c5cc(N)c(O)c(C67CC8CC(C)(CC(C)(C8)C6)C7)c5)C5(C)CC6CC4(C)CC(C47CC8CC(C)(CC(C)(C8)C4)C7)(C6)C5)cc(N)c1O)(C3)C2. The molecule has 8 unspecified atom stereocenters. The van der Waals surface area contributed by atoms with Crippen LogP contribution in [0.5, 0.6) is 11.5 Å². The van der Waals surface area contributed by atoms with Gasteiger partial charge in [0.1, 0.15) is 11.5 Å². The van der Waals surface area contributed by atoms with Crippen molar-refractivity contribution in [2.75, 3.05) is 11.5 Å². The maximum Gasteiger partial charge on any atom is 0.142 e. The van der Waals surface area contributed by atoms with Crippen LogP contribution in [0.25, 0.3) is 0 Å². The molecule has 2 aromatic rings. The standard InChI is InChI=1S/C60H84N2O2/c1-48-13-36-14-49(2,25-48)29-56(21-36,28-48)42-9-40(11-44(61)46(42)63)60(41-10-43(47(64)45(62)12-41)57-22-37-15-50(3,30-57)26-51(4,16-37)31-57)54(7)19-39-20-55(60,8)35-59(24-39,34-54)58-23-38-17-52(5,32-58)27-53(6,18-38)33-58/h9-12,36-39,63-64H,13-35,61-62H2,1-8H3. The number of nitrogens with two attached hydrogens (primary N) is 2. The lowest BCUT2D eigenvalue weighted by Crippen LogP contribution is -2.74. The number of nitrogen functional groups attached to an aromatic ring is 2. The highest BCUT2D eigenvalue weighted by Crippen LogP contribution is 2.86. The van der Waals surface area contributed by atoms with E-state index in [0.29, 0.717) is 83.9 Å². The van der Waals surface area contributed by atoms with E-state index in [1.54, 1.807) is 0 Å². The van der Waals surface area contributed by atoms with Crippen LogP contribution < -0.4 is 11.5 Å². The quantitative estimate of drug-likeness (QED) is 0.178. The van der Waals surface area contributed by atoms with E-state index < -0.39 is 0 Å². The van der Waals surface area contributed by atoms with Crippen LogP contribution in [-0.4, -0.2) is 10.2 Å². The molecule has 2 aromatic carbocycles. The Kier molecular flexibility index (Phi) is 7.13. The van der Waals surface area contributed by atoms with Gasteiger partial charge in [-0.05, 0) is 249 Å². The summed E-state index contributed by atoms with van der Waals surface area (Å²) in [5.74, 6) is 3.78. The van der Waals surface area contributed by atoms with Crippen molar-refractivity contribution in [2.24, 2.45) is 77.8 Å². The molecular formula is C60H84N2O2. The monoisotopic (exact) mass is 865 g/mol. The van der Waals surface area contributed by atoms with Gasteiger partial charge in [0.25, 0.3) is 0 Å². The third-order valence-electron chi connectivity index (χ3n) is 24.7. The molecular weight excluding hydrogens is 781 g/mol. The van der Waals surface area contributed by atoms with Crippen LogP contribution in [0.2, 0.25) is 0 Å². The summed E-state index contributed by atoms with van der Waals surface area (Å²) in [4.78, 5) is 0. The summed E-state index contributed by atoms with van der Waals surface area (Å²) in [6.45, 7) is 21.2. The lowest BCUT2D eigenvalue weighted by molar-refractivity contribution is -0.284. The number of phenols is 2. The van der Waals surface area contributed by atoms with Crippen molar-refractivity contribution in [1.82, 2.24) is 0 Å². The van der Waals surface area contributed by atoms with Gasteiger partial charge in [0.05, 0.1) is 11.4 Å². The first-order valence-corrected chi connectivity index (χ1v) is 27.0. The molecule has 4 nitrogen and oxygen atoms in total. The zero-order valence-corrected chi connectivity index (χ0v) is 41.4. The Morgan fingerprint density at radius 3 is 1.03 bits per heavy atom. The maximum absolute atomic E-state index is 12.6. The second-order valence-electron chi connectivity index (χ2n) is 31.6. The molecule has 346 valence electrons. The van der Waals surface area contributed by atoms with E-state index in [0.717, 1.165) is 31.6 Å². The van der Waals surface area contributed by atoms with Gasteiger partial charge in [0.15, 0.2) is 0 Å². The largest absolute Gasteiger partial charge is 0.505 e. The Bertz CT molecular complexity index is 2270. The summed E-state index contributed by atoms with van der Waals surface area (Å²) in [5, 5.41) is 25.1. The summed E-state index contributed by atoms with van der Waals surface area (Å²) in [7, 11) is 0. The smallest absolute Gasteiger partial charge is 0.142 e. The summed E-state index contributed by atoms with van der Waals surface area (Å²) >= 11 is 0. The number of rotatable bonds is 5. The van der Waals surface area contributed by atoms with Crippen LogP contribution in [-0.2, 0) is 16.2 Å². The van der Waals surface area contributed by atoms with E-state index in [2.05, 4.69) is 79.7 Å². The van der Waals surface area contributed by atoms with Crippen LogP contribution in [0, 0.1) is 77.8 Å². The summed E-state index contributed by atoms with van der Waals surface area (Å²) in [6.07, 6.45) is 30.1. The molecule has 16 saturated carbocycles. The number of benzene rings is 2.